The average molecular weight is 366 g/mol. The molecular formula is C16H16BrNO2S. The molecule has 0 saturated carbocycles. The SMILES string of the molecule is Cc1c(N)cccc1SCc1cc2c(cc1Br)OCCO2. The molecule has 0 bridgehead atoms. The van der Waals surface area contributed by atoms with E-state index in [1.54, 1.807) is 11.8 Å². The van der Waals surface area contributed by atoms with E-state index in [4.69, 9.17) is 15.2 Å². The first-order chi connectivity index (χ1) is 10.1. The Kier molecular flexibility index (Phi) is 4.31. The molecule has 0 fully saturated rings. The summed E-state index contributed by atoms with van der Waals surface area (Å²) in [4.78, 5) is 1.21. The summed E-state index contributed by atoms with van der Waals surface area (Å²) in [6.07, 6.45) is 0. The number of thioether (sulfide) groups is 1. The van der Waals surface area contributed by atoms with Gasteiger partial charge in [-0.2, -0.15) is 0 Å². The Labute approximate surface area is 137 Å². The lowest BCUT2D eigenvalue weighted by molar-refractivity contribution is 0.171. The van der Waals surface area contributed by atoms with Crippen molar-refractivity contribution < 1.29 is 9.47 Å². The third-order valence-corrected chi connectivity index (χ3v) is 5.37. The number of anilines is 1. The van der Waals surface area contributed by atoms with Gasteiger partial charge in [0.05, 0.1) is 0 Å². The summed E-state index contributed by atoms with van der Waals surface area (Å²) in [5.74, 6) is 2.48. The number of benzene rings is 2. The number of fused-ring (bicyclic) bond motifs is 1. The number of rotatable bonds is 3. The number of hydrogen-bond acceptors (Lipinski definition) is 4. The molecule has 0 atom stereocenters. The van der Waals surface area contributed by atoms with Crippen molar-refractivity contribution in [3.05, 3.63) is 45.9 Å². The van der Waals surface area contributed by atoms with E-state index in [2.05, 4.69) is 28.9 Å². The monoisotopic (exact) mass is 365 g/mol. The first-order valence-corrected chi connectivity index (χ1v) is 8.49. The van der Waals surface area contributed by atoms with Gasteiger partial charge in [0.25, 0.3) is 0 Å². The lowest BCUT2D eigenvalue weighted by Gasteiger charge is -2.20. The normalized spacial score (nSPS) is 13.2. The van der Waals surface area contributed by atoms with Crippen molar-refractivity contribution in [2.75, 3.05) is 18.9 Å². The fraction of sp³-hybridized carbons (Fsp3) is 0.250. The second-order valence-electron chi connectivity index (χ2n) is 4.85. The van der Waals surface area contributed by atoms with Gasteiger partial charge >= 0.3 is 0 Å². The zero-order valence-corrected chi connectivity index (χ0v) is 14.1. The highest BCUT2D eigenvalue weighted by molar-refractivity contribution is 9.10. The molecule has 0 aromatic heterocycles. The van der Waals surface area contributed by atoms with Crippen LogP contribution in [-0.2, 0) is 5.75 Å². The van der Waals surface area contributed by atoms with Gasteiger partial charge in [-0.1, -0.05) is 22.0 Å². The van der Waals surface area contributed by atoms with Crippen LogP contribution in [0.1, 0.15) is 11.1 Å². The molecule has 5 heteroatoms. The lowest BCUT2D eigenvalue weighted by atomic mass is 10.2. The largest absolute Gasteiger partial charge is 0.486 e. The maximum absolute atomic E-state index is 5.95. The topological polar surface area (TPSA) is 44.5 Å². The molecule has 2 aromatic carbocycles. The van der Waals surface area contributed by atoms with Gasteiger partial charge < -0.3 is 15.2 Å². The van der Waals surface area contributed by atoms with Crippen molar-refractivity contribution in [2.45, 2.75) is 17.6 Å². The zero-order valence-electron chi connectivity index (χ0n) is 11.7. The van der Waals surface area contributed by atoms with Crippen LogP contribution in [0.2, 0.25) is 0 Å². The number of nitrogen functional groups attached to an aromatic ring is 1. The van der Waals surface area contributed by atoms with Crippen molar-refractivity contribution >= 4 is 33.4 Å². The molecule has 1 aliphatic rings. The molecule has 2 N–H and O–H groups in total. The summed E-state index contributed by atoms with van der Waals surface area (Å²) < 4.78 is 12.3. The number of hydrogen-bond donors (Lipinski definition) is 1. The van der Waals surface area contributed by atoms with E-state index in [1.807, 2.05) is 24.3 Å². The molecule has 0 radical (unpaired) electrons. The van der Waals surface area contributed by atoms with Crippen LogP contribution in [0.5, 0.6) is 11.5 Å². The van der Waals surface area contributed by atoms with E-state index < -0.39 is 0 Å². The molecule has 0 saturated heterocycles. The highest BCUT2D eigenvalue weighted by Gasteiger charge is 2.15. The lowest BCUT2D eigenvalue weighted by Crippen LogP contribution is -2.15. The Morgan fingerprint density at radius 2 is 1.90 bits per heavy atom. The molecule has 21 heavy (non-hydrogen) atoms. The van der Waals surface area contributed by atoms with Crippen LogP contribution < -0.4 is 15.2 Å². The predicted octanol–water partition coefficient (Wildman–Crippen LogP) is 4.40. The summed E-state index contributed by atoms with van der Waals surface area (Å²) in [5.41, 5.74) is 9.11. The Bertz CT molecular complexity index is 676. The van der Waals surface area contributed by atoms with Gasteiger partial charge in [0.15, 0.2) is 11.5 Å². The Morgan fingerprint density at radius 3 is 2.67 bits per heavy atom. The average Bonchev–Trinajstić information content (AvgIpc) is 2.49. The molecule has 1 heterocycles. The molecule has 0 spiro atoms. The third kappa shape index (κ3) is 3.14. The Balaban J connectivity index is 1.80. The molecular weight excluding hydrogens is 350 g/mol. The minimum atomic E-state index is 0.607. The summed E-state index contributed by atoms with van der Waals surface area (Å²) in [7, 11) is 0. The number of nitrogens with two attached hydrogens (primary N) is 1. The molecule has 1 aliphatic heterocycles. The Morgan fingerprint density at radius 1 is 1.19 bits per heavy atom. The van der Waals surface area contributed by atoms with Crippen LogP contribution in [-0.4, -0.2) is 13.2 Å². The quantitative estimate of drug-likeness (QED) is 0.646. The standard InChI is InChI=1S/C16H16BrNO2S/c1-10-13(18)3-2-4-16(10)21-9-11-7-14-15(8-12(11)17)20-6-5-19-14/h2-4,7-8H,5-6,9,18H2,1H3. The van der Waals surface area contributed by atoms with Gasteiger partial charge in [-0.15, -0.1) is 11.8 Å². The van der Waals surface area contributed by atoms with E-state index in [1.165, 1.54) is 10.5 Å². The highest BCUT2D eigenvalue weighted by atomic mass is 79.9. The van der Waals surface area contributed by atoms with Crippen LogP contribution in [0.15, 0.2) is 39.7 Å². The first kappa shape index (κ1) is 14.6. The maximum atomic E-state index is 5.95. The second-order valence-corrected chi connectivity index (χ2v) is 6.72. The summed E-state index contributed by atoms with van der Waals surface area (Å²) in [6, 6.07) is 10.1. The Hall–Kier alpha value is -1.33. The van der Waals surface area contributed by atoms with Gasteiger partial charge in [0, 0.05) is 20.8 Å². The summed E-state index contributed by atoms with van der Waals surface area (Å²) >= 11 is 5.38. The zero-order chi connectivity index (χ0) is 14.8. The summed E-state index contributed by atoms with van der Waals surface area (Å²) in [6.45, 7) is 3.27. The molecule has 3 nitrogen and oxygen atoms in total. The molecule has 0 amide bonds. The van der Waals surface area contributed by atoms with E-state index in [-0.39, 0.29) is 0 Å². The third-order valence-electron chi connectivity index (χ3n) is 3.42. The van der Waals surface area contributed by atoms with E-state index >= 15 is 0 Å². The smallest absolute Gasteiger partial charge is 0.162 e. The van der Waals surface area contributed by atoms with E-state index in [0.29, 0.717) is 13.2 Å². The van der Waals surface area contributed by atoms with Gasteiger partial charge in [-0.3, -0.25) is 0 Å². The van der Waals surface area contributed by atoms with E-state index in [0.717, 1.165) is 33.0 Å². The molecule has 0 unspecified atom stereocenters. The van der Waals surface area contributed by atoms with Crippen molar-refractivity contribution in [1.29, 1.82) is 0 Å². The summed E-state index contributed by atoms with van der Waals surface area (Å²) in [5, 5.41) is 0. The highest BCUT2D eigenvalue weighted by Crippen LogP contribution is 2.38. The van der Waals surface area contributed by atoms with Crippen molar-refractivity contribution in [2.24, 2.45) is 0 Å². The van der Waals surface area contributed by atoms with Gasteiger partial charge in [-0.05, 0) is 42.3 Å². The fourth-order valence-electron chi connectivity index (χ4n) is 2.16. The van der Waals surface area contributed by atoms with Crippen LogP contribution in [0.25, 0.3) is 0 Å². The predicted molar refractivity (Wildman–Crippen MR) is 90.3 cm³/mol. The molecule has 0 aliphatic carbocycles. The minimum Gasteiger partial charge on any atom is -0.486 e. The van der Waals surface area contributed by atoms with Crippen LogP contribution in [0.4, 0.5) is 5.69 Å². The van der Waals surface area contributed by atoms with Crippen molar-refractivity contribution in [3.63, 3.8) is 0 Å². The van der Waals surface area contributed by atoms with Crippen LogP contribution in [0, 0.1) is 6.92 Å². The van der Waals surface area contributed by atoms with Gasteiger partial charge in [0.1, 0.15) is 13.2 Å². The first-order valence-electron chi connectivity index (χ1n) is 6.71. The molecule has 2 aromatic rings. The second kappa shape index (κ2) is 6.20. The van der Waals surface area contributed by atoms with Gasteiger partial charge in [-0.25, -0.2) is 0 Å². The molecule has 3 rings (SSSR count). The van der Waals surface area contributed by atoms with Crippen molar-refractivity contribution in [3.8, 4) is 11.5 Å². The van der Waals surface area contributed by atoms with Gasteiger partial charge in [0.2, 0.25) is 0 Å². The van der Waals surface area contributed by atoms with Crippen molar-refractivity contribution in [1.82, 2.24) is 0 Å². The molecule has 110 valence electrons. The van der Waals surface area contributed by atoms with Crippen LogP contribution >= 0.6 is 27.7 Å². The fourth-order valence-corrected chi connectivity index (χ4v) is 3.87. The number of ether oxygens (including phenoxy) is 2. The van der Waals surface area contributed by atoms with Crippen LogP contribution in [0.3, 0.4) is 0 Å². The maximum Gasteiger partial charge on any atom is 0.162 e. The minimum absolute atomic E-state index is 0.607. The van der Waals surface area contributed by atoms with E-state index in [9.17, 15) is 0 Å². The number of halogens is 1.